The highest BCUT2D eigenvalue weighted by Crippen LogP contribution is 2.21. The summed E-state index contributed by atoms with van der Waals surface area (Å²) < 4.78 is 17.0. The third-order valence-electron chi connectivity index (χ3n) is 5.97. The standard InChI is InChI=1S/C23H29FN6O/c1-17(30-12-9-25-16-30)13-23(31)26-20-7-10-29(11-8-20)15-21-14-22(27-28(21)2)18-3-5-19(24)6-4-18/h3-6,9,12,14,16-17,20H,7-8,10-11,13,15H2,1-2H3,(H,26,31)/t17-/m0/s1. The molecule has 1 fully saturated rings. The summed E-state index contributed by atoms with van der Waals surface area (Å²) in [6, 6.07) is 8.81. The molecule has 1 amide bonds. The number of hydrogen-bond acceptors (Lipinski definition) is 4. The molecule has 1 aliphatic rings. The molecule has 0 unspecified atom stereocenters. The molecule has 1 aromatic carbocycles. The summed E-state index contributed by atoms with van der Waals surface area (Å²) >= 11 is 0. The van der Waals surface area contributed by atoms with Crippen molar-refractivity contribution in [2.45, 2.75) is 44.8 Å². The van der Waals surface area contributed by atoms with Gasteiger partial charge in [0.2, 0.25) is 5.91 Å². The van der Waals surface area contributed by atoms with Crippen LogP contribution in [-0.4, -0.2) is 49.3 Å². The quantitative estimate of drug-likeness (QED) is 0.633. The van der Waals surface area contributed by atoms with E-state index in [-0.39, 0.29) is 23.8 Å². The molecule has 1 aliphatic heterocycles. The van der Waals surface area contributed by atoms with E-state index in [2.05, 4.69) is 26.4 Å². The molecule has 1 atom stereocenters. The zero-order valence-electron chi connectivity index (χ0n) is 18.0. The molecular weight excluding hydrogens is 395 g/mol. The van der Waals surface area contributed by atoms with Gasteiger partial charge >= 0.3 is 0 Å². The number of aromatic nitrogens is 4. The van der Waals surface area contributed by atoms with Crippen LogP contribution in [0.15, 0.2) is 49.1 Å². The topological polar surface area (TPSA) is 68.0 Å². The van der Waals surface area contributed by atoms with Gasteiger partial charge in [-0.2, -0.15) is 5.10 Å². The number of rotatable bonds is 7. The average Bonchev–Trinajstić information content (AvgIpc) is 3.41. The molecule has 0 aliphatic carbocycles. The second kappa shape index (κ2) is 9.43. The molecule has 8 heteroatoms. The van der Waals surface area contributed by atoms with Crippen LogP contribution >= 0.6 is 0 Å². The fourth-order valence-electron chi connectivity index (χ4n) is 4.07. The summed E-state index contributed by atoms with van der Waals surface area (Å²) in [5.41, 5.74) is 2.89. The van der Waals surface area contributed by atoms with Gasteiger partial charge in [-0.05, 0) is 50.1 Å². The van der Waals surface area contributed by atoms with Crippen molar-refractivity contribution in [2.75, 3.05) is 13.1 Å². The van der Waals surface area contributed by atoms with E-state index in [1.807, 2.05) is 29.4 Å². The number of halogens is 1. The fraction of sp³-hybridized carbons (Fsp3) is 0.435. The van der Waals surface area contributed by atoms with E-state index in [0.29, 0.717) is 6.42 Å². The van der Waals surface area contributed by atoms with Crippen molar-refractivity contribution < 1.29 is 9.18 Å². The first-order chi connectivity index (χ1) is 15.0. The van der Waals surface area contributed by atoms with Gasteiger partial charge in [0.05, 0.1) is 17.7 Å². The zero-order valence-corrected chi connectivity index (χ0v) is 18.0. The Morgan fingerprint density at radius 2 is 2.00 bits per heavy atom. The number of nitrogens with one attached hydrogen (secondary N) is 1. The maximum atomic E-state index is 13.2. The van der Waals surface area contributed by atoms with E-state index < -0.39 is 0 Å². The van der Waals surface area contributed by atoms with E-state index in [9.17, 15) is 9.18 Å². The Labute approximate surface area is 181 Å². The van der Waals surface area contributed by atoms with E-state index in [0.717, 1.165) is 49.4 Å². The normalized spacial score (nSPS) is 16.4. The average molecular weight is 425 g/mol. The van der Waals surface area contributed by atoms with Crippen molar-refractivity contribution in [2.24, 2.45) is 7.05 Å². The Balaban J connectivity index is 1.26. The van der Waals surface area contributed by atoms with Crippen LogP contribution in [0.3, 0.4) is 0 Å². The smallest absolute Gasteiger partial charge is 0.222 e. The Hall–Kier alpha value is -3.00. The highest BCUT2D eigenvalue weighted by molar-refractivity contribution is 5.76. The van der Waals surface area contributed by atoms with Crippen LogP contribution in [0.5, 0.6) is 0 Å². The van der Waals surface area contributed by atoms with Gasteiger partial charge in [0.15, 0.2) is 0 Å². The lowest BCUT2D eigenvalue weighted by atomic mass is 10.0. The number of hydrogen-bond donors (Lipinski definition) is 1. The molecule has 2 aromatic heterocycles. The molecule has 0 saturated carbocycles. The molecule has 1 saturated heterocycles. The molecule has 164 valence electrons. The molecule has 3 aromatic rings. The van der Waals surface area contributed by atoms with Gasteiger partial charge in [-0.15, -0.1) is 0 Å². The first kappa shape index (κ1) is 21.2. The molecule has 3 heterocycles. The van der Waals surface area contributed by atoms with Crippen LogP contribution in [0.2, 0.25) is 0 Å². The van der Waals surface area contributed by atoms with Gasteiger partial charge in [0, 0.05) is 63.1 Å². The second-order valence-electron chi connectivity index (χ2n) is 8.33. The molecule has 1 N–H and O–H groups in total. The number of aryl methyl sites for hydroxylation is 1. The molecule has 31 heavy (non-hydrogen) atoms. The zero-order chi connectivity index (χ0) is 21.8. The van der Waals surface area contributed by atoms with Crippen LogP contribution in [0.25, 0.3) is 11.3 Å². The van der Waals surface area contributed by atoms with E-state index in [1.54, 1.807) is 24.7 Å². The third kappa shape index (κ3) is 5.38. The third-order valence-corrected chi connectivity index (χ3v) is 5.97. The summed E-state index contributed by atoms with van der Waals surface area (Å²) in [5.74, 6) is -0.152. The van der Waals surface area contributed by atoms with Crippen molar-refractivity contribution in [3.05, 3.63) is 60.6 Å². The molecule has 7 nitrogen and oxygen atoms in total. The molecule has 0 spiro atoms. The number of carbonyl (C=O) groups is 1. The summed E-state index contributed by atoms with van der Waals surface area (Å²) in [7, 11) is 1.94. The van der Waals surface area contributed by atoms with Crippen LogP contribution in [0.1, 0.15) is 37.9 Å². The van der Waals surface area contributed by atoms with Gasteiger partial charge in [-0.3, -0.25) is 14.4 Å². The maximum absolute atomic E-state index is 13.2. The minimum atomic E-state index is -0.244. The molecule has 0 bridgehead atoms. The lowest BCUT2D eigenvalue weighted by molar-refractivity contribution is -0.122. The highest BCUT2D eigenvalue weighted by Gasteiger charge is 2.22. The number of benzene rings is 1. The lowest BCUT2D eigenvalue weighted by Gasteiger charge is -2.32. The van der Waals surface area contributed by atoms with Crippen molar-refractivity contribution >= 4 is 5.91 Å². The SMILES string of the molecule is C[C@@H](CC(=O)NC1CCN(Cc2cc(-c3ccc(F)cc3)nn2C)CC1)n1ccnc1. The number of imidazole rings is 1. The predicted octanol–water partition coefficient (Wildman–Crippen LogP) is 3.15. The van der Waals surface area contributed by atoms with Crippen LogP contribution in [0.4, 0.5) is 4.39 Å². The van der Waals surface area contributed by atoms with Crippen molar-refractivity contribution in [1.29, 1.82) is 0 Å². The van der Waals surface area contributed by atoms with E-state index >= 15 is 0 Å². The van der Waals surface area contributed by atoms with Gasteiger partial charge in [0.25, 0.3) is 0 Å². The summed E-state index contributed by atoms with van der Waals surface area (Å²) in [5, 5.41) is 7.77. The molecule has 0 radical (unpaired) electrons. The number of likely N-dealkylation sites (tertiary alicyclic amines) is 1. The lowest BCUT2D eigenvalue weighted by Crippen LogP contribution is -2.44. The van der Waals surface area contributed by atoms with Crippen LogP contribution < -0.4 is 5.32 Å². The first-order valence-corrected chi connectivity index (χ1v) is 10.8. The number of carbonyl (C=O) groups excluding carboxylic acids is 1. The first-order valence-electron chi connectivity index (χ1n) is 10.8. The Bertz CT molecular complexity index is 990. The molecule has 4 rings (SSSR count). The predicted molar refractivity (Wildman–Crippen MR) is 117 cm³/mol. The van der Waals surface area contributed by atoms with Gasteiger partial charge < -0.3 is 9.88 Å². The Morgan fingerprint density at radius 1 is 1.26 bits per heavy atom. The van der Waals surface area contributed by atoms with E-state index in [1.165, 1.54) is 12.1 Å². The van der Waals surface area contributed by atoms with Gasteiger partial charge in [0.1, 0.15) is 5.82 Å². The minimum Gasteiger partial charge on any atom is -0.353 e. The monoisotopic (exact) mass is 424 g/mol. The number of piperidine rings is 1. The number of amides is 1. The van der Waals surface area contributed by atoms with E-state index in [4.69, 9.17) is 0 Å². The number of nitrogens with zero attached hydrogens (tertiary/aromatic N) is 5. The Morgan fingerprint density at radius 3 is 2.68 bits per heavy atom. The van der Waals surface area contributed by atoms with Crippen LogP contribution in [0, 0.1) is 5.82 Å². The summed E-state index contributed by atoms with van der Waals surface area (Å²) in [6.45, 7) is 4.69. The van der Waals surface area contributed by atoms with Crippen molar-refractivity contribution in [1.82, 2.24) is 29.5 Å². The minimum absolute atomic E-state index is 0.0928. The largest absolute Gasteiger partial charge is 0.353 e. The fourth-order valence-corrected chi connectivity index (χ4v) is 4.07. The van der Waals surface area contributed by atoms with Crippen molar-refractivity contribution in [3.8, 4) is 11.3 Å². The summed E-state index contributed by atoms with van der Waals surface area (Å²) in [6.07, 6.45) is 7.70. The van der Waals surface area contributed by atoms with Gasteiger partial charge in [-0.25, -0.2) is 9.37 Å². The highest BCUT2D eigenvalue weighted by atomic mass is 19.1. The van der Waals surface area contributed by atoms with Crippen LogP contribution in [-0.2, 0) is 18.4 Å². The van der Waals surface area contributed by atoms with Crippen molar-refractivity contribution in [3.63, 3.8) is 0 Å². The van der Waals surface area contributed by atoms with Gasteiger partial charge in [-0.1, -0.05) is 0 Å². The second-order valence-corrected chi connectivity index (χ2v) is 8.33. The maximum Gasteiger partial charge on any atom is 0.222 e. The summed E-state index contributed by atoms with van der Waals surface area (Å²) in [4.78, 5) is 18.8. The Kier molecular flexibility index (Phi) is 6.46. The molecular formula is C23H29FN6O.